The van der Waals surface area contributed by atoms with Gasteiger partial charge in [-0.25, -0.2) is 9.97 Å². The number of nitrogens with two attached hydrogens (primary N) is 1. The maximum Gasteiger partial charge on any atom is 0.144 e. The number of aromatic nitrogens is 2. The van der Waals surface area contributed by atoms with Gasteiger partial charge in [0, 0.05) is 24.8 Å². The normalized spacial score (nSPS) is 22.2. The first-order chi connectivity index (χ1) is 7.13. The van der Waals surface area contributed by atoms with Gasteiger partial charge in [-0.2, -0.15) is 0 Å². The van der Waals surface area contributed by atoms with Crippen LogP contribution in [0.3, 0.4) is 0 Å². The predicted molar refractivity (Wildman–Crippen MR) is 59.6 cm³/mol. The summed E-state index contributed by atoms with van der Waals surface area (Å²) in [5, 5.41) is 0.515. The van der Waals surface area contributed by atoms with Gasteiger partial charge in [0.05, 0.1) is 6.54 Å². The quantitative estimate of drug-likeness (QED) is 0.764. The average Bonchev–Trinajstić information content (AvgIpc) is 2.49. The molecule has 1 aliphatic rings. The zero-order valence-corrected chi connectivity index (χ0v) is 9.54. The molecule has 2 rings (SSSR count). The lowest BCUT2D eigenvalue weighted by Gasteiger charge is -2.13. The number of aryl methyl sites for hydroxylation is 1. The van der Waals surface area contributed by atoms with E-state index in [-0.39, 0.29) is 0 Å². The van der Waals surface area contributed by atoms with Crippen LogP contribution in [0.5, 0.6) is 0 Å². The second-order valence-corrected chi connectivity index (χ2v) is 4.42. The van der Waals surface area contributed by atoms with Gasteiger partial charge in [0.25, 0.3) is 0 Å². The van der Waals surface area contributed by atoms with Crippen molar-refractivity contribution in [2.45, 2.75) is 25.9 Å². The Morgan fingerprint density at radius 3 is 3.00 bits per heavy atom. The van der Waals surface area contributed by atoms with E-state index in [1.165, 1.54) is 0 Å². The number of rotatable bonds is 2. The van der Waals surface area contributed by atoms with Crippen LogP contribution in [-0.2, 0) is 6.54 Å². The Kier molecular flexibility index (Phi) is 3.19. The summed E-state index contributed by atoms with van der Waals surface area (Å²) in [6.45, 7) is 4.62. The van der Waals surface area contributed by atoms with E-state index in [0.717, 1.165) is 37.6 Å². The van der Waals surface area contributed by atoms with Gasteiger partial charge >= 0.3 is 0 Å². The zero-order valence-electron chi connectivity index (χ0n) is 8.78. The fourth-order valence-electron chi connectivity index (χ4n) is 1.87. The summed E-state index contributed by atoms with van der Waals surface area (Å²) in [4.78, 5) is 10.8. The van der Waals surface area contributed by atoms with Crippen LogP contribution in [-0.4, -0.2) is 34.0 Å². The lowest BCUT2D eigenvalue weighted by molar-refractivity contribution is 0.318. The fraction of sp³-hybridized carbons (Fsp3) is 0.600. The Bertz CT molecular complexity index is 335. The van der Waals surface area contributed by atoms with E-state index in [0.29, 0.717) is 11.2 Å². The van der Waals surface area contributed by atoms with Crippen molar-refractivity contribution in [2.75, 3.05) is 13.1 Å². The Hall–Kier alpha value is -0.710. The molecule has 1 unspecified atom stereocenters. The zero-order chi connectivity index (χ0) is 10.8. The summed E-state index contributed by atoms with van der Waals surface area (Å²) in [6, 6.07) is 2.06. The summed E-state index contributed by atoms with van der Waals surface area (Å²) in [5.74, 6) is 0.786. The van der Waals surface area contributed by atoms with Crippen LogP contribution in [0, 0.1) is 6.92 Å². The number of halogens is 1. The van der Waals surface area contributed by atoms with Gasteiger partial charge in [0.1, 0.15) is 11.0 Å². The molecule has 0 aliphatic carbocycles. The third kappa shape index (κ3) is 2.87. The van der Waals surface area contributed by atoms with Crippen molar-refractivity contribution in [3.05, 3.63) is 22.7 Å². The second-order valence-electron chi connectivity index (χ2n) is 4.03. The highest BCUT2D eigenvalue weighted by atomic mass is 35.5. The largest absolute Gasteiger partial charge is 0.326 e. The maximum absolute atomic E-state index is 5.87. The molecule has 0 amide bonds. The summed E-state index contributed by atoms with van der Waals surface area (Å²) in [5.41, 5.74) is 6.74. The van der Waals surface area contributed by atoms with Gasteiger partial charge in [0.2, 0.25) is 0 Å². The van der Waals surface area contributed by atoms with Crippen molar-refractivity contribution in [3.8, 4) is 0 Å². The SMILES string of the molecule is Cc1cc(Cl)nc(CN2CCC(N)C2)n1. The van der Waals surface area contributed by atoms with E-state index in [4.69, 9.17) is 17.3 Å². The number of nitrogens with zero attached hydrogens (tertiary/aromatic N) is 3. The molecule has 1 aromatic heterocycles. The molecule has 5 heteroatoms. The highest BCUT2D eigenvalue weighted by molar-refractivity contribution is 6.29. The molecule has 0 saturated carbocycles. The van der Waals surface area contributed by atoms with Gasteiger partial charge in [0.15, 0.2) is 0 Å². The summed E-state index contributed by atoms with van der Waals surface area (Å²) < 4.78 is 0. The van der Waals surface area contributed by atoms with Gasteiger partial charge in [-0.15, -0.1) is 0 Å². The van der Waals surface area contributed by atoms with Crippen LogP contribution in [0.1, 0.15) is 17.9 Å². The summed E-state index contributed by atoms with van der Waals surface area (Å²) in [7, 11) is 0. The Balaban J connectivity index is 2.04. The minimum absolute atomic E-state index is 0.297. The molecule has 2 N–H and O–H groups in total. The molecule has 1 aromatic rings. The molecular weight excluding hydrogens is 212 g/mol. The van der Waals surface area contributed by atoms with Crippen LogP contribution in [0.25, 0.3) is 0 Å². The average molecular weight is 227 g/mol. The first-order valence-corrected chi connectivity index (χ1v) is 5.49. The number of hydrogen-bond acceptors (Lipinski definition) is 4. The highest BCUT2D eigenvalue weighted by Crippen LogP contribution is 2.12. The minimum Gasteiger partial charge on any atom is -0.326 e. The molecule has 1 aliphatic heterocycles. The Morgan fingerprint density at radius 2 is 2.40 bits per heavy atom. The molecule has 1 atom stereocenters. The standard InChI is InChI=1S/C10H15ClN4/c1-7-4-9(11)14-10(13-7)6-15-3-2-8(12)5-15/h4,8H,2-3,5-6,12H2,1H3. The third-order valence-electron chi connectivity index (χ3n) is 2.54. The van der Waals surface area contributed by atoms with Crippen molar-refractivity contribution in [1.29, 1.82) is 0 Å². The Morgan fingerprint density at radius 1 is 1.60 bits per heavy atom. The molecule has 15 heavy (non-hydrogen) atoms. The van der Waals surface area contributed by atoms with Crippen LogP contribution >= 0.6 is 11.6 Å². The van der Waals surface area contributed by atoms with E-state index in [9.17, 15) is 0 Å². The fourth-order valence-corrected chi connectivity index (χ4v) is 2.12. The maximum atomic E-state index is 5.87. The molecule has 1 saturated heterocycles. The van der Waals surface area contributed by atoms with Crippen molar-refractivity contribution >= 4 is 11.6 Å². The lowest BCUT2D eigenvalue weighted by Crippen LogP contribution is -2.27. The number of likely N-dealkylation sites (tertiary alicyclic amines) is 1. The molecule has 0 aromatic carbocycles. The van der Waals surface area contributed by atoms with E-state index in [1.807, 2.05) is 6.92 Å². The highest BCUT2D eigenvalue weighted by Gasteiger charge is 2.19. The molecule has 0 spiro atoms. The van der Waals surface area contributed by atoms with E-state index in [2.05, 4.69) is 14.9 Å². The van der Waals surface area contributed by atoms with E-state index in [1.54, 1.807) is 6.07 Å². The molecule has 1 fully saturated rings. The summed E-state index contributed by atoms with van der Waals surface area (Å²) >= 11 is 5.87. The van der Waals surface area contributed by atoms with Crippen molar-refractivity contribution in [3.63, 3.8) is 0 Å². The van der Waals surface area contributed by atoms with Crippen LogP contribution in [0.2, 0.25) is 5.15 Å². The predicted octanol–water partition coefficient (Wildman–Crippen LogP) is 0.971. The van der Waals surface area contributed by atoms with Crippen molar-refractivity contribution < 1.29 is 0 Å². The molecule has 4 nitrogen and oxygen atoms in total. The van der Waals surface area contributed by atoms with Gasteiger partial charge in [-0.3, -0.25) is 4.90 Å². The molecule has 82 valence electrons. The van der Waals surface area contributed by atoms with E-state index < -0.39 is 0 Å². The van der Waals surface area contributed by atoms with Gasteiger partial charge in [-0.1, -0.05) is 11.6 Å². The smallest absolute Gasteiger partial charge is 0.144 e. The van der Waals surface area contributed by atoms with Gasteiger partial charge in [-0.05, 0) is 19.4 Å². The van der Waals surface area contributed by atoms with Crippen LogP contribution in [0.4, 0.5) is 0 Å². The van der Waals surface area contributed by atoms with Crippen LogP contribution < -0.4 is 5.73 Å². The lowest BCUT2D eigenvalue weighted by atomic mass is 10.3. The Labute approximate surface area is 94.5 Å². The van der Waals surface area contributed by atoms with Crippen molar-refractivity contribution in [1.82, 2.24) is 14.9 Å². The molecule has 2 heterocycles. The monoisotopic (exact) mass is 226 g/mol. The van der Waals surface area contributed by atoms with Gasteiger partial charge < -0.3 is 5.73 Å². The van der Waals surface area contributed by atoms with Crippen molar-refractivity contribution in [2.24, 2.45) is 5.73 Å². The molecular formula is C10H15ClN4. The topological polar surface area (TPSA) is 55.0 Å². The second kappa shape index (κ2) is 4.43. The third-order valence-corrected chi connectivity index (χ3v) is 2.74. The van der Waals surface area contributed by atoms with Crippen LogP contribution in [0.15, 0.2) is 6.07 Å². The number of hydrogen-bond donors (Lipinski definition) is 1. The van der Waals surface area contributed by atoms with E-state index >= 15 is 0 Å². The minimum atomic E-state index is 0.297. The summed E-state index contributed by atoms with van der Waals surface area (Å²) in [6.07, 6.45) is 1.06. The molecule has 0 bridgehead atoms. The molecule has 0 radical (unpaired) electrons. The first-order valence-electron chi connectivity index (χ1n) is 5.11. The first kappa shape index (κ1) is 10.8.